The average Bonchev–Trinajstić information content (AvgIpc) is 2.73. The summed E-state index contributed by atoms with van der Waals surface area (Å²) in [6, 6.07) is 0. The number of allylic oxidation sites excluding steroid dienone is 1. The highest BCUT2D eigenvalue weighted by atomic mass is 32.2. The minimum Gasteiger partial charge on any atom is -0.481 e. The summed E-state index contributed by atoms with van der Waals surface area (Å²) in [7, 11) is 1.42. The van der Waals surface area contributed by atoms with Crippen LogP contribution in [0.15, 0.2) is 11.6 Å². The molecular weight excluding hydrogens is 412 g/mol. The van der Waals surface area contributed by atoms with Crippen LogP contribution in [0.3, 0.4) is 0 Å². The first-order valence-corrected chi connectivity index (χ1v) is 13.2. The molecule has 0 bridgehead atoms. The zero-order valence-corrected chi connectivity index (χ0v) is 20.9. The monoisotopic (exact) mass is 458 g/mol. The lowest BCUT2D eigenvalue weighted by molar-refractivity contribution is -0.137. The van der Waals surface area contributed by atoms with Crippen LogP contribution in [0.4, 0.5) is 0 Å². The number of carboxylic acids is 1. The topological polar surface area (TPSA) is 83.8 Å². The van der Waals surface area contributed by atoms with Gasteiger partial charge in [-0.1, -0.05) is 82.8 Å². The first-order valence-electron chi connectivity index (χ1n) is 12.2. The maximum absolute atomic E-state index is 11.4. The molecule has 2 N–H and O–H groups in total. The number of hydrogen-bond donors (Lipinski definition) is 2. The fourth-order valence-electron chi connectivity index (χ4n) is 3.81. The summed E-state index contributed by atoms with van der Waals surface area (Å²) >= 11 is 1.54. The Balaban J connectivity index is 0.00000206. The summed E-state index contributed by atoms with van der Waals surface area (Å²) in [6.07, 6.45) is 21.1. The van der Waals surface area contributed by atoms with Crippen molar-refractivity contribution < 1.29 is 24.5 Å². The minimum atomic E-state index is -0.833. The number of thioether (sulfide) groups is 1. The number of methoxy groups -OCH3 is 1. The van der Waals surface area contributed by atoms with Crippen LogP contribution in [0.1, 0.15) is 110 Å². The maximum atomic E-state index is 11.4. The molecule has 0 aromatic carbocycles. The number of ether oxygens (including phenoxy) is 1. The first-order chi connectivity index (χ1) is 14.9. The van der Waals surface area contributed by atoms with Gasteiger partial charge in [0.15, 0.2) is 0 Å². The van der Waals surface area contributed by atoms with Gasteiger partial charge in [-0.05, 0) is 32.1 Å². The Morgan fingerprint density at radius 3 is 2.06 bits per heavy atom. The van der Waals surface area contributed by atoms with Crippen LogP contribution in [0.5, 0.6) is 0 Å². The molecule has 182 valence electrons. The van der Waals surface area contributed by atoms with E-state index in [0.29, 0.717) is 5.75 Å². The quantitative estimate of drug-likeness (QED) is 0.165. The van der Waals surface area contributed by atoms with Gasteiger partial charge in [-0.25, -0.2) is 0 Å². The lowest BCUT2D eigenvalue weighted by Gasteiger charge is -2.30. The van der Waals surface area contributed by atoms with E-state index in [0.717, 1.165) is 32.6 Å². The Morgan fingerprint density at radius 2 is 1.55 bits per heavy atom. The van der Waals surface area contributed by atoms with E-state index in [1.807, 2.05) is 0 Å². The van der Waals surface area contributed by atoms with E-state index in [4.69, 9.17) is 14.6 Å². The summed E-state index contributed by atoms with van der Waals surface area (Å²) < 4.78 is 4.73. The third-order valence-electron chi connectivity index (χ3n) is 5.50. The SMILES string of the molecule is CC(=O)O.CCCCCCCCCCCCCC=C1CCCC(O)C1SCC(=O)OC. The van der Waals surface area contributed by atoms with Crippen molar-refractivity contribution in [1.29, 1.82) is 0 Å². The molecule has 0 amide bonds. The Hall–Kier alpha value is -1.01. The number of aliphatic hydroxyl groups excluding tert-OH is 1. The van der Waals surface area contributed by atoms with Crippen LogP contribution >= 0.6 is 11.8 Å². The van der Waals surface area contributed by atoms with Gasteiger partial charge >= 0.3 is 5.97 Å². The molecule has 0 spiro atoms. The van der Waals surface area contributed by atoms with Crippen molar-refractivity contribution in [2.75, 3.05) is 12.9 Å². The summed E-state index contributed by atoms with van der Waals surface area (Å²) in [5.74, 6) is -0.712. The van der Waals surface area contributed by atoms with Gasteiger partial charge in [0.2, 0.25) is 0 Å². The molecule has 5 nitrogen and oxygen atoms in total. The van der Waals surface area contributed by atoms with Crippen molar-refractivity contribution in [3.63, 3.8) is 0 Å². The molecule has 2 atom stereocenters. The van der Waals surface area contributed by atoms with Crippen molar-refractivity contribution in [2.45, 2.75) is 122 Å². The second kappa shape index (κ2) is 20.9. The number of aliphatic hydroxyl groups is 1. The van der Waals surface area contributed by atoms with Crippen molar-refractivity contribution in [3.05, 3.63) is 11.6 Å². The number of aliphatic carboxylic acids is 1. The van der Waals surface area contributed by atoms with Crippen molar-refractivity contribution in [3.8, 4) is 0 Å². The zero-order chi connectivity index (χ0) is 23.3. The molecule has 2 unspecified atom stereocenters. The van der Waals surface area contributed by atoms with Gasteiger partial charge < -0.3 is 14.9 Å². The maximum Gasteiger partial charge on any atom is 0.315 e. The fraction of sp³-hybridized carbons (Fsp3) is 0.840. The summed E-state index contributed by atoms with van der Waals surface area (Å²) in [5.41, 5.74) is 1.34. The Morgan fingerprint density at radius 1 is 1.03 bits per heavy atom. The molecule has 0 aromatic heterocycles. The lowest BCUT2D eigenvalue weighted by Crippen LogP contribution is -2.30. The average molecular weight is 459 g/mol. The normalized spacial score (nSPS) is 19.5. The molecular formula is C25H46O5S. The fourth-order valence-corrected chi connectivity index (χ4v) is 5.03. The van der Waals surface area contributed by atoms with Crippen molar-refractivity contribution in [2.24, 2.45) is 0 Å². The first kappa shape index (κ1) is 30.0. The van der Waals surface area contributed by atoms with E-state index >= 15 is 0 Å². The minimum absolute atomic E-state index is 0.0746. The number of hydrogen-bond acceptors (Lipinski definition) is 5. The van der Waals surface area contributed by atoms with Crippen molar-refractivity contribution in [1.82, 2.24) is 0 Å². The van der Waals surface area contributed by atoms with E-state index < -0.39 is 5.97 Å². The number of esters is 1. The van der Waals surface area contributed by atoms with E-state index in [1.54, 1.807) is 0 Å². The van der Waals surface area contributed by atoms with Gasteiger partial charge in [-0.15, -0.1) is 11.8 Å². The molecule has 1 aliphatic rings. The van der Waals surface area contributed by atoms with E-state index in [-0.39, 0.29) is 17.3 Å². The number of unbranched alkanes of at least 4 members (excludes halogenated alkanes) is 11. The highest BCUT2D eigenvalue weighted by molar-refractivity contribution is 8.00. The van der Waals surface area contributed by atoms with Crippen LogP contribution < -0.4 is 0 Å². The molecule has 6 heteroatoms. The van der Waals surface area contributed by atoms with Gasteiger partial charge in [-0.3, -0.25) is 9.59 Å². The van der Waals surface area contributed by atoms with Crippen LogP contribution in [0.25, 0.3) is 0 Å². The molecule has 31 heavy (non-hydrogen) atoms. The summed E-state index contributed by atoms with van der Waals surface area (Å²) in [6.45, 7) is 3.35. The Labute approximate surface area is 194 Å². The number of carbonyl (C=O) groups is 2. The molecule has 1 fully saturated rings. The highest BCUT2D eigenvalue weighted by Gasteiger charge is 2.28. The van der Waals surface area contributed by atoms with E-state index in [2.05, 4.69) is 13.0 Å². The molecule has 1 rings (SSSR count). The molecule has 0 radical (unpaired) electrons. The van der Waals surface area contributed by atoms with Gasteiger partial charge in [0.25, 0.3) is 5.97 Å². The summed E-state index contributed by atoms with van der Waals surface area (Å²) in [4.78, 5) is 20.4. The Kier molecular flexibility index (Phi) is 20.2. The molecule has 0 aromatic rings. The third kappa shape index (κ3) is 18.3. The van der Waals surface area contributed by atoms with Gasteiger partial charge in [0.05, 0.1) is 24.2 Å². The van der Waals surface area contributed by atoms with Gasteiger partial charge in [0.1, 0.15) is 0 Å². The Bertz CT molecular complexity index is 488. The largest absolute Gasteiger partial charge is 0.481 e. The van der Waals surface area contributed by atoms with Crippen LogP contribution in [-0.4, -0.2) is 46.4 Å². The van der Waals surface area contributed by atoms with Crippen LogP contribution in [-0.2, 0) is 14.3 Å². The smallest absolute Gasteiger partial charge is 0.315 e. The van der Waals surface area contributed by atoms with Crippen molar-refractivity contribution >= 4 is 23.7 Å². The summed E-state index contributed by atoms with van der Waals surface area (Å²) in [5, 5.41) is 17.8. The van der Waals surface area contributed by atoms with Gasteiger partial charge in [-0.2, -0.15) is 0 Å². The van der Waals surface area contributed by atoms with Crippen LogP contribution in [0, 0.1) is 0 Å². The number of carbonyl (C=O) groups excluding carboxylic acids is 1. The van der Waals surface area contributed by atoms with Gasteiger partial charge in [0, 0.05) is 6.92 Å². The number of rotatable bonds is 15. The highest BCUT2D eigenvalue weighted by Crippen LogP contribution is 2.34. The second-order valence-electron chi connectivity index (χ2n) is 8.39. The molecule has 1 aliphatic carbocycles. The predicted octanol–water partition coefficient (Wildman–Crippen LogP) is 6.52. The zero-order valence-electron chi connectivity index (χ0n) is 20.1. The van der Waals surface area contributed by atoms with E-state index in [9.17, 15) is 9.90 Å². The third-order valence-corrected chi connectivity index (χ3v) is 6.88. The standard InChI is InChI=1S/C23H42O3S.C2H4O2/c1-3-4-5-6-7-8-9-10-11-12-13-14-16-20-17-15-18-21(24)23(20)27-19-22(25)26-2;1-2(3)4/h16,21,23-24H,3-15,17-19H2,1-2H3;1H3,(H,3,4). The second-order valence-corrected chi connectivity index (χ2v) is 9.52. The molecule has 0 saturated heterocycles. The van der Waals surface area contributed by atoms with Crippen LogP contribution in [0.2, 0.25) is 0 Å². The molecule has 1 saturated carbocycles. The number of carboxylic acid groups (broad SMARTS) is 1. The lowest BCUT2D eigenvalue weighted by atomic mass is 9.91. The van der Waals surface area contributed by atoms with E-state index in [1.165, 1.54) is 95.1 Å². The molecule has 0 aliphatic heterocycles. The molecule has 0 heterocycles. The predicted molar refractivity (Wildman–Crippen MR) is 131 cm³/mol.